The second kappa shape index (κ2) is 5.34. The molecule has 2 rings (SSSR count). The summed E-state index contributed by atoms with van der Waals surface area (Å²) in [6, 6.07) is 0.448. The van der Waals surface area contributed by atoms with Gasteiger partial charge in [0.2, 0.25) is 0 Å². The normalized spacial score (nSPS) is 22.8. The van der Waals surface area contributed by atoms with Gasteiger partial charge in [-0.05, 0) is 41.1 Å². The van der Waals surface area contributed by atoms with Gasteiger partial charge >= 0.3 is 0 Å². The van der Waals surface area contributed by atoms with Crippen LogP contribution in [0.2, 0.25) is 0 Å². The van der Waals surface area contributed by atoms with Crippen LogP contribution in [0.4, 0.5) is 0 Å². The van der Waals surface area contributed by atoms with Gasteiger partial charge in [-0.1, -0.05) is 34.1 Å². The lowest BCUT2D eigenvalue weighted by atomic mass is 9.87. The van der Waals surface area contributed by atoms with Crippen molar-refractivity contribution >= 4 is 0 Å². The Hall–Kier alpha value is -0.970. The molecule has 1 aliphatic carbocycles. The van der Waals surface area contributed by atoms with Crippen molar-refractivity contribution in [3.8, 4) is 0 Å². The number of tetrazole rings is 1. The van der Waals surface area contributed by atoms with E-state index in [2.05, 4.69) is 48.5 Å². The second-order valence-corrected chi connectivity index (χ2v) is 6.46. The van der Waals surface area contributed by atoms with E-state index in [1.54, 1.807) is 0 Å². The number of aromatic nitrogens is 4. The molecule has 1 aromatic heterocycles. The van der Waals surface area contributed by atoms with Gasteiger partial charge in [0.1, 0.15) is 0 Å². The summed E-state index contributed by atoms with van der Waals surface area (Å²) in [5, 5.41) is 15.6. The number of nitrogens with zero attached hydrogens (tertiary/aromatic N) is 4. The maximum atomic E-state index is 4.21. The van der Waals surface area contributed by atoms with Crippen LogP contribution in [0.5, 0.6) is 0 Å². The first kappa shape index (κ1) is 13.5. The number of hydrogen-bond acceptors (Lipinski definition) is 4. The van der Waals surface area contributed by atoms with Gasteiger partial charge in [-0.15, -0.1) is 5.10 Å². The molecule has 5 nitrogen and oxygen atoms in total. The third kappa shape index (κ3) is 2.88. The van der Waals surface area contributed by atoms with Crippen molar-refractivity contribution in [2.45, 2.75) is 59.5 Å². The summed E-state index contributed by atoms with van der Waals surface area (Å²) in [5.41, 5.74) is 0.308. The molecule has 0 aromatic carbocycles. The van der Waals surface area contributed by atoms with Crippen molar-refractivity contribution in [1.29, 1.82) is 0 Å². The molecule has 1 fully saturated rings. The van der Waals surface area contributed by atoms with E-state index >= 15 is 0 Å². The third-order valence-corrected chi connectivity index (χ3v) is 3.89. The average molecular weight is 251 g/mol. The monoisotopic (exact) mass is 251 g/mol. The largest absolute Gasteiger partial charge is 0.310 e. The number of hydrogen-bond donors (Lipinski definition) is 1. The zero-order valence-corrected chi connectivity index (χ0v) is 12.0. The minimum atomic E-state index is 0.308. The zero-order chi connectivity index (χ0) is 13.2. The highest BCUT2D eigenvalue weighted by Crippen LogP contribution is 2.45. The fourth-order valence-electron chi connectivity index (χ4n) is 2.81. The highest BCUT2D eigenvalue weighted by atomic mass is 15.6. The molecular formula is C13H25N5. The first-order valence-corrected chi connectivity index (χ1v) is 6.98. The number of nitrogens with one attached hydrogen (secondary N) is 1. The predicted octanol–water partition coefficient (Wildman–Crippen LogP) is 2.17. The van der Waals surface area contributed by atoms with E-state index in [1.807, 2.05) is 4.68 Å². The Morgan fingerprint density at radius 2 is 2.22 bits per heavy atom. The van der Waals surface area contributed by atoms with Gasteiger partial charge in [0.15, 0.2) is 5.82 Å². The van der Waals surface area contributed by atoms with E-state index < -0.39 is 0 Å². The van der Waals surface area contributed by atoms with Crippen molar-refractivity contribution in [2.75, 3.05) is 6.54 Å². The molecule has 1 heterocycles. The Morgan fingerprint density at radius 3 is 2.83 bits per heavy atom. The van der Waals surface area contributed by atoms with Crippen molar-refractivity contribution in [1.82, 2.24) is 25.5 Å². The summed E-state index contributed by atoms with van der Waals surface area (Å²) < 4.78 is 2.04. The molecule has 5 heteroatoms. The Balaban J connectivity index is 2.03. The molecule has 1 aromatic rings. The summed E-state index contributed by atoms with van der Waals surface area (Å²) in [4.78, 5) is 0. The van der Waals surface area contributed by atoms with Gasteiger partial charge in [-0.3, -0.25) is 0 Å². The van der Waals surface area contributed by atoms with Gasteiger partial charge in [-0.2, -0.15) is 0 Å². The van der Waals surface area contributed by atoms with Crippen LogP contribution in [0, 0.1) is 11.3 Å². The molecular weight excluding hydrogens is 226 g/mol. The van der Waals surface area contributed by atoms with Gasteiger partial charge in [0, 0.05) is 0 Å². The minimum Gasteiger partial charge on any atom is -0.310 e. The van der Waals surface area contributed by atoms with Crippen molar-refractivity contribution < 1.29 is 0 Å². The maximum absolute atomic E-state index is 4.21. The van der Waals surface area contributed by atoms with Crippen LogP contribution in [0.15, 0.2) is 0 Å². The Bertz CT molecular complexity index is 382. The van der Waals surface area contributed by atoms with Crippen LogP contribution in [0.1, 0.15) is 58.8 Å². The van der Waals surface area contributed by atoms with Crippen LogP contribution in [-0.4, -0.2) is 26.8 Å². The molecule has 1 unspecified atom stereocenters. The van der Waals surface area contributed by atoms with E-state index in [0.29, 0.717) is 17.4 Å². The first-order chi connectivity index (χ1) is 8.50. The quantitative estimate of drug-likeness (QED) is 0.871. The molecule has 1 saturated carbocycles. The van der Waals surface area contributed by atoms with E-state index in [4.69, 9.17) is 0 Å². The zero-order valence-electron chi connectivity index (χ0n) is 12.0. The van der Waals surface area contributed by atoms with E-state index in [9.17, 15) is 0 Å². The van der Waals surface area contributed by atoms with Crippen LogP contribution < -0.4 is 5.32 Å². The van der Waals surface area contributed by atoms with Gasteiger partial charge in [0.25, 0.3) is 0 Å². The third-order valence-electron chi connectivity index (χ3n) is 3.89. The minimum absolute atomic E-state index is 0.308. The van der Waals surface area contributed by atoms with Crippen LogP contribution in [0.3, 0.4) is 0 Å². The topological polar surface area (TPSA) is 55.6 Å². The highest BCUT2D eigenvalue weighted by Gasteiger charge is 2.37. The molecule has 1 atom stereocenters. The fraction of sp³-hybridized carbons (Fsp3) is 0.923. The summed E-state index contributed by atoms with van der Waals surface area (Å²) in [6.45, 7) is 10.8. The molecule has 0 amide bonds. The van der Waals surface area contributed by atoms with Crippen LogP contribution in [-0.2, 0) is 6.54 Å². The lowest BCUT2D eigenvalue weighted by Crippen LogP contribution is -2.27. The molecule has 1 aliphatic rings. The molecule has 1 N–H and O–H groups in total. The average Bonchev–Trinajstić information content (AvgIpc) is 2.83. The molecule has 18 heavy (non-hydrogen) atoms. The Labute approximate surface area is 109 Å². The van der Waals surface area contributed by atoms with Crippen molar-refractivity contribution in [3.63, 3.8) is 0 Å². The molecule has 0 aliphatic heterocycles. The fourth-order valence-corrected chi connectivity index (χ4v) is 2.81. The first-order valence-electron chi connectivity index (χ1n) is 6.98. The summed E-state index contributed by atoms with van der Waals surface area (Å²) in [5.74, 6) is 1.62. The van der Waals surface area contributed by atoms with E-state index in [-0.39, 0.29) is 0 Å². The van der Waals surface area contributed by atoms with Crippen molar-refractivity contribution in [2.24, 2.45) is 11.3 Å². The van der Waals surface area contributed by atoms with Crippen LogP contribution >= 0.6 is 0 Å². The molecule has 0 saturated heterocycles. The molecule has 0 bridgehead atoms. The molecule has 0 spiro atoms. The second-order valence-electron chi connectivity index (χ2n) is 6.46. The van der Waals surface area contributed by atoms with Gasteiger partial charge < -0.3 is 5.32 Å². The predicted molar refractivity (Wildman–Crippen MR) is 71.0 cm³/mol. The maximum Gasteiger partial charge on any atom is 0.165 e. The van der Waals surface area contributed by atoms with E-state index in [1.165, 1.54) is 19.3 Å². The summed E-state index contributed by atoms with van der Waals surface area (Å²) >= 11 is 0. The highest BCUT2D eigenvalue weighted by molar-refractivity contribution is 4.93. The van der Waals surface area contributed by atoms with Gasteiger partial charge in [0.05, 0.1) is 12.6 Å². The summed E-state index contributed by atoms with van der Waals surface area (Å²) in [7, 11) is 0. The lowest BCUT2D eigenvalue weighted by molar-refractivity contribution is 0.234. The SMILES string of the molecule is CC(C)CNCc1nnnn1C1CCCC1(C)C. The Morgan fingerprint density at radius 1 is 1.44 bits per heavy atom. The molecule has 0 radical (unpaired) electrons. The number of rotatable bonds is 5. The molecule has 102 valence electrons. The van der Waals surface area contributed by atoms with Crippen LogP contribution in [0.25, 0.3) is 0 Å². The van der Waals surface area contributed by atoms with E-state index in [0.717, 1.165) is 18.9 Å². The summed E-state index contributed by atoms with van der Waals surface area (Å²) in [6.07, 6.45) is 3.72. The van der Waals surface area contributed by atoms with Gasteiger partial charge in [-0.25, -0.2) is 4.68 Å². The Kier molecular flexibility index (Phi) is 4.00. The standard InChI is InChI=1S/C13H25N5/c1-10(2)8-14-9-12-15-16-17-18(12)11-6-5-7-13(11,3)4/h10-11,14H,5-9H2,1-4H3. The lowest BCUT2D eigenvalue weighted by Gasteiger charge is -2.27. The van der Waals surface area contributed by atoms with Crippen molar-refractivity contribution in [3.05, 3.63) is 5.82 Å². The smallest absolute Gasteiger partial charge is 0.165 e.